The first-order chi connectivity index (χ1) is 15.9. The van der Waals surface area contributed by atoms with Crippen molar-refractivity contribution in [1.29, 1.82) is 0 Å². The summed E-state index contributed by atoms with van der Waals surface area (Å²) in [5.41, 5.74) is 5.77. The van der Waals surface area contributed by atoms with Crippen molar-refractivity contribution in [3.05, 3.63) is 12.7 Å². The zero-order chi connectivity index (χ0) is 26.4. The van der Waals surface area contributed by atoms with Gasteiger partial charge in [0.25, 0.3) is 0 Å². The van der Waals surface area contributed by atoms with Crippen molar-refractivity contribution in [2.75, 3.05) is 12.3 Å². The third-order valence-electron chi connectivity index (χ3n) is 4.05. The van der Waals surface area contributed by atoms with E-state index in [9.17, 15) is 33.2 Å². The van der Waals surface area contributed by atoms with Gasteiger partial charge in [0.05, 0.1) is 12.9 Å². The number of aromatic nitrogens is 4. The lowest BCUT2D eigenvalue weighted by Crippen LogP contribution is -2.35. The minimum atomic E-state index is -5.83. The van der Waals surface area contributed by atoms with E-state index in [1.807, 2.05) is 0 Å². The number of rotatable bonds is 10. The number of fused-ring (bicyclic) bond motifs is 1. The molecule has 0 bridgehead atoms. The van der Waals surface area contributed by atoms with Gasteiger partial charge in [-0.05, 0) is 0 Å². The molecule has 9 N–H and O–H groups in total. The standard InChI is InChI=1S/C10H17N5O16P4/c11-8-5-9(13-2-12-8)15(3-14-5)10-6(16)7(29-32(17,18)19)4(28-10)1-27-34(23,24)31-35(25,26)30-33(20,21)22/h2-4,6-7,10,16H,1H2,(H,23,24)(H,25,26)(H2,11,12,13)(H2,17,18,19)(H2,20,21,22). The number of nitrogens with two attached hydrogens (primary N) is 1. The summed E-state index contributed by atoms with van der Waals surface area (Å²) in [6, 6.07) is 0. The van der Waals surface area contributed by atoms with Gasteiger partial charge in [-0.1, -0.05) is 0 Å². The first-order valence-corrected chi connectivity index (χ1v) is 14.7. The number of imidazole rings is 1. The molecule has 21 nitrogen and oxygen atoms in total. The van der Waals surface area contributed by atoms with Crippen LogP contribution in [-0.2, 0) is 40.7 Å². The maximum absolute atomic E-state index is 12.0. The van der Waals surface area contributed by atoms with E-state index in [1.54, 1.807) is 0 Å². The normalized spacial score (nSPS) is 27.1. The number of aliphatic hydroxyl groups excluding tert-OH is 1. The smallest absolute Gasteiger partial charge is 0.386 e. The van der Waals surface area contributed by atoms with Gasteiger partial charge in [0.15, 0.2) is 17.7 Å². The van der Waals surface area contributed by atoms with Crippen LogP contribution in [0.2, 0.25) is 0 Å². The Labute approximate surface area is 193 Å². The van der Waals surface area contributed by atoms with E-state index >= 15 is 0 Å². The fourth-order valence-corrected chi connectivity index (χ4v) is 6.51. The third-order valence-corrected chi connectivity index (χ3v) is 8.37. The summed E-state index contributed by atoms with van der Waals surface area (Å²) in [7, 11) is -22.4. The Hall–Kier alpha value is -1.21. The van der Waals surface area contributed by atoms with Gasteiger partial charge in [0.1, 0.15) is 30.2 Å². The van der Waals surface area contributed by atoms with Crippen molar-refractivity contribution >= 4 is 48.3 Å². The average molecular weight is 587 g/mol. The number of aliphatic hydroxyl groups is 1. The molecule has 3 rings (SSSR count). The highest BCUT2D eigenvalue weighted by molar-refractivity contribution is 7.66. The number of phosphoric acid groups is 4. The van der Waals surface area contributed by atoms with E-state index in [0.29, 0.717) is 0 Å². The molecule has 2 aromatic heterocycles. The van der Waals surface area contributed by atoms with Gasteiger partial charge in [-0.15, -0.1) is 0 Å². The van der Waals surface area contributed by atoms with E-state index in [0.717, 1.165) is 17.2 Å². The molecule has 1 aliphatic heterocycles. The predicted molar refractivity (Wildman–Crippen MR) is 106 cm³/mol. The minimum absolute atomic E-state index is 0.0185. The van der Waals surface area contributed by atoms with Crippen LogP contribution < -0.4 is 5.73 Å². The van der Waals surface area contributed by atoms with E-state index in [1.165, 1.54) is 0 Å². The van der Waals surface area contributed by atoms with Gasteiger partial charge in [0, 0.05) is 0 Å². The van der Waals surface area contributed by atoms with Crippen LogP contribution in [0.1, 0.15) is 6.23 Å². The minimum Gasteiger partial charge on any atom is -0.386 e. The number of nitrogens with zero attached hydrogens (tertiary/aromatic N) is 4. The molecule has 2 aromatic rings. The Kier molecular flexibility index (Phi) is 8.04. The van der Waals surface area contributed by atoms with Crippen molar-refractivity contribution in [3.8, 4) is 0 Å². The Morgan fingerprint density at radius 1 is 0.971 bits per heavy atom. The largest absolute Gasteiger partial charge is 0.490 e. The highest BCUT2D eigenvalue weighted by atomic mass is 31.3. The monoisotopic (exact) mass is 587 g/mol. The molecule has 35 heavy (non-hydrogen) atoms. The highest BCUT2D eigenvalue weighted by Gasteiger charge is 2.50. The van der Waals surface area contributed by atoms with Crippen molar-refractivity contribution in [2.45, 2.75) is 24.5 Å². The van der Waals surface area contributed by atoms with Crippen LogP contribution in [-0.4, -0.2) is 78.9 Å². The molecule has 0 aromatic carbocycles. The van der Waals surface area contributed by atoms with E-state index < -0.39 is 62.4 Å². The first-order valence-electron chi connectivity index (χ1n) is 8.66. The topological polar surface area (TPSA) is 326 Å². The second-order valence-corrected chi connectivity index (χ2v) is 12.2. The fraction of sp³-hybridized carbons (Fsp3) is 0.500. The third kappa shape index (κ3) is 7.41. The summed E-state index contributed by atoms with van der Waals surface area (Å²) in [5.74, 6) is -0.0477. The lowest BCUT2D eigenvalue weighted by molar-refractivity contribution is -0.0501. The molecule has 0 radical (unpaired) electrons. The summed E-state index contributed by atoms with van der Waals surface area (Å²) in [4.78, 5) is 65.8. The van der Waals surface area contributed by atoms with Gasteiger partial charge < -0.3 is 44.9 Å². The van der Waals surface area contributed by atoms with Gasteiger partial charge in [-0.2, -0.15) is 8.62 Å². The molecule has 0 saturated carbocycles. The van der Waals surface area contributed by atoms with E-state index in [2.05, 4.69) is 32.6 Å². The van der Waals surface area contributed by atoms with E-state index in [4.69, 9.17) is 30.0 Å². The number of hydrogen-bond acceptors (Lipinski definition) is 14. The molecule has 1 saturated heterocycles. The van der Waals surface area contributed by atoms with Crippen LogP contribution in [0.5, 0.6) is 0 Å². The predicted octanol–water partition coefficient (Wildman–Crippen LogP) is -1.51. The number of phosphoric ester groups is 2. The molecule has 0 amide bonds. The Bertz CT molecular complexity index is 1270. The van der Waals surface area contributed by atoms with Crippen LogP contribution in [0.3, 0.4) is 0 Å². The number of nitrogen functional groups attached to an aromatic ring is 1. The van der Waals surface area contributed by atoms with Gasteiger partial charge in [-0.25, -0.2) is 33.2 Å². The molecule has 0 aliphatic carbocycles. The van der Waals surface area contributed by atoms with E-state index in [-0.39, 0.29) is 17.0 Å². The van der Waals surface area contributed by atoms with Crippen molar-refractivity contribution < 1.29 is 75.1 Å². The molecular weight excluding hydrogens is 570 g/mol. The second kappa shape index (κ2) is 9.92. The highest BCUT2D eigenvalue weighted by Crippen LogP contribution is 2.66. The molecule has 1 aliphatic rings. The van der Waals surface area contributed by atoms with Crippen molar-refractivity contribution in [1.82, 2.24) is 19.5 Å². The van der Waals surface area contributed by atoms with Gasteiger partial charge in [0.2, 0.25) is 0 Å². The Morgan fingerprint density at radius 2 is 1.63 bits per heavy atom. The molecule has 1 fully saturated rings. The maximum atomic E-state index is 12.0. The van der Waals surface area contributed by atoms with Gasteiger partial charge in [-0.3, -0.25) is 13.6 Å². The maximum Gasteiger partial charge on any atom is 0.490 e. The zero-order valence-corrected chi connectivity index (χ0v) is 20.2. The molecule has 25 heteroatoms. The summed E-state index contributed by atoms with van der Waals surface area (Å²) in [6.07, 6.45) is -4.95. The zero-order valence-electron chi connectivity index (χ0n) is 16.6. The Balaban J connectivity index is 1.82. The average Bonchev–Trinajstić information content (AvgIpc) is 3.19. The quantitative estimate of drug-likeness (QED) is 0.146. The van der Waals surface area contributed by atoms with Crippen molar-refractivity contribution in [2.24, 2.45) is 0 Å². The number of hydrogen-bond donors (Lipinski definition) is 8. The number of anilines is 1. The lowest BCUT2D eigenvalue weighted by atomic mass is 10.1. The molecule has 3 heterocycles. The summed E-state index contributed by atoms with van der Waals surface area (Å²) in [5, 5.41) is 10.6. The summed E-state index contributed by atoms with van der Waals surface area (Å²) in [6.45, 7) is -1.17. The van der Waals surface area contributed by atoms with Crippen LogP contribution in [0.15, 0.2) is 12.7 Å². The molecule has 198 valence electrons. The first kappa shape index (κ1) is 28.4. The van der Waals surface area contributed by atoms with Gasteiger partial charge >= 0.3 is 31.3 Å². The Morgan fingerprint density at radius 3 is 2.23 bits per heavy atom. The van der Waals surface area contributed by atoms with Crippen LogP contribution in [0.25, 0.3) is 11.2 Å². The summed E-state index contributed by atoms with van der Waals surface area (Å²) < 4.78 is 68.0. The molecule has 6 atom stereocenters. The molecular formula is C10H17N5O16P4. The number of ether oxygens (including phenoxy) is 1. The van der Waals surface area contributed by atoms with Crippen LogP contribution in [0.4, 0.5) is 5.82 Å². The lowest BCUT2D eigenvalue weighted by Gasteiger charge is -2.22. The van der Waals surface area contributed by atoms with Crippen molar-refractivity contribution in [3.63, 3.8) is 0 Å². The fourth-order valence-electron chi connectivity index (χ4n) is 2.90. The SMILES string of the molecule is Nc1ncnc2c1ncn2C1OC(COP(=O)(O)OP(=O)(O)OP(=O)(O)O)C(OP(=O)(O)O)C1O. The van der Waals surface area contributed by atoms with Crippen LogP contribution in [0, 0.1) is 0 Å². The second-order valence-electron chi connectivity index (χ2n) is 6.59. The molecule has 6 unspecified atom stereocenters. The van der Waals surface area contributed by atoms with Crippen LogP contribution >= 0.6 is 31.3 Å². The summed E-state index contributed by atoms with van der Waals surface area (Å²) >= 11 is 0. The molecule has 0 spiro atoms.